The Bertz CT molecular complexity index is 1460. The topological polar surface area (TPSA) is 198 Å². The highest BCUT2D eigenvalue weighted by Gasteiger charge is 2.25. The van der Waals surface area contributed by atoms with E-state index in [0.29, 0.717) is 0 Å². The zero-order valence-corrected chi connectivity index (χ0v) is 16.3. The lowest BCUT2D eigenvalue weighted by atomic mass is 10.1. The molecule has 0 aliphatic heterocycles. The number of carbonyl (C=O) groups is 1. The maximum absolute atomic E-state index is 13.1. The van der Waals surface area contributed by atoms with Crippen LogP contribution < -0.4 is 10.2 Å². The van der Waals surface area contributed by atoms with Crippen LogP contribution >= 0.6 is 0 Å². The SMILES string of the molecule is O=C(Oc1c(-c2cc(O)cc(O)c2)oc2cc(O)cc(O)c2c1=O)c1cc(O)c(O)c(O)c1. The van der Waals surface area contributed by atoms with Crippen LogP contribution in [0.1, 0.15) is 10.4 Å². The Hall–Kier alpha value is -5.06. The number of hydrogen-bond donors (Lipinski definition) is 7. The highest BCUT2D eigenvalue weighted by Crippen LogP contribution is 2.39. The predicted molar refractivity (Wildman–Crippen MR) is 111 cm³/mol. The Morgan fingerprint density at radius 2 is 1.30 bits per heavy atom. The lowest BCUT2D eigenvalue weighted by Gasteiger charge is -2.12. The molecule has 0 atom stereocenters. The Labute approximate surface area is 182 Å². The van der Waals surface area contributed by atoms with Crippen molar-refractivity contribution in [3.8, 4) is 57.3 Å². The Morgan fingerprint density at radius 3 is 1.91 bits per heavy atom. The molecule has 0 bridgehead atoms. The highest BCUT2D eigenvalue weighted by molar-refractivity contribution is 5.95. The number of rotatable bonds is 3. The van der Waals surface area contributed by atoms with Crippen molar-refractivity contribution in [2.75, 3.05) is 0 Å². The van der Waals surface area contributed by atoms with Crippen LogP contribution in [0.3, 0.4) is 0 Å². The molecule has 168 valence electrons. The van der Waals surface area contributed by atoms with Gasteiger partial charge in [-0.2, -0.15) is 0 Å². The largest absolute Gasteiger partial charge is 0.508 e. The molecule has 7 N–H and O–H groups in total. The first-order valence-corrected chi connectivity index (χ1v) is 9.08. The van der Waals surface area contributed by atoms with Crippen LogP contribution in [-0.4, -0.2) is 41.7 Å². The number of ether oxygens (including phenoxy) is 1. The van der Waals surface area contributed by atoms with Gasteiger partial charge in [-0.25, -0.2) is 4.79 Å². The average Bonchev–Trinajstić information content (AvgIpc) is 2.72. The van der Waals surface area contributed by atoms with E-state index in [1.165, 1.54) is 0 Å². The van der Waals surface area contributed by atoms with E-state index < -0.39 is 74.1 Å². The molecule has 0 saturated heterocycles. The van der Waals surface area contributed by atoms with Gasteiger partial charge < -0.3 is 44.9 Å². The maximum atomic E-state index is 13.1. The smallest absolute Gasteiger partial charge is 0.344 e. The van der Waals surface area contributed by atoms with Gasteiger partial charge in [0, 0.05) is 23.8 Å². The van der Waals surface area contributed by atoms with Crippen LogP contribution in [0.4, 0.5) is 0 Å². The molecule has 4 rings (SSSR count). The van der Waals surface area contributed by atoms with Crippen molar-refractivity contribution in [2.24, 2.45) is 0 Å². The molecule has 0 fully saturated rings. The number of aromatic hydroxyl groups is 7. The fourth-order valence-corrected chi connectivity index (χ4v) is 3.15. The summed E-state index contributed by atoms with van der Waals surface area (Å²) in [6, 6.07) is 6.59. The highest BCUT2D eigenvalue weighted by atomic mass is 16.5. The molecule has 11 heteroatoms. The first-order chi connectivity index (χ1) is 15.5. The summed E-state index contributed by atoms with van der Waals surface area (Å²) in [6.07, 6.45) is 0. The summed E-state index contributed by atoms with van der Waals surface area (Å²) < 4.78 is 10.7. The van der Waals surface area contributed by atoms with E-state index in [2.05, 4.69) is 0 Å². The monoisotopic (exact) mass is 454 g/mol. The second-order valence-corrected chi connectivity index (χ2v) is 6.92. The van der Waals surface area contributed by atoms with Crippen LogP contribution in [0.5, 0.6) is 46.0 Å². The predicted octanol–water partition coefficient (Wildman–Crippen LogP) is 2.62. The second kappa shape index (κ2) is 7.57. The maximum Gasteiger partial charge on any atom is 0.344 e. The van der Waals surface area contributed by atoms with Crippen molar-refractivity contribution < 1.29 is 49.7 Å². The second-order valence-electron chi connectivity index (χ2n) is 6.92. The van der Waals surface area contributed by atoms with Gasteiger partial charge in [-0.1, -0.05) is 0 Å². The third-order valence-electron chi connectivity index (χ3n) is 4.58. The van der Waals surface area contributed by atoms with Crippen molar-refractivity contribution in [1.29, 1.82) is 0 Å². The molecule has 0 aliphatic carbocycles. The Balaban J connectivity index is 1.96. The van der Waals surface area contributed by atoms with Crippen LogP contribution in [0, 0.1) is 0 Å². The van der Waals surface area contributed by atoms with Gasteiger partial charge in [0.25, 0.3) is 0 Å². The van der Waals surface area contributed by atoms with E-state index >= 15 is 0 Å². The molecule has 0 radical (unpaired) electrons. The van der Waals surface area contributed by atoms with E-state index in [0.717, 1.165) is 42.5 Å². The number of esters is 1. The van der Waals surface area contributed by atoms with Crippen molar-refractivity contribution in [1.82, 2.24) is 0 Å². The van der Waals surface area contributed by atoms with E-state index in [4.69, 9.17) is 9.15 Å². The molecule has 0 amide bonds. The van der Waals surface area contributed by atoms with Crippen LogP contribution in [0.25, 0.3) is 22.3 Å². The molecule has 11 nitrogen and oxygen atoms in total. The fourth-order valence-electron chi connectivity index (χ4n) is 3.15. The van der Waals surface area contributed by atoms with Crippen LogP contribution in [0.2, 0.25) is 0 Å². The summed E-state index contributed by atoms with van der Waals surface area (Å²) in [7, 11) is 0. The molecule has 0 aliphatic rings. The first-order valence-electron chi connectivity index (χ1n) is 9.08. The summed E-state index contributed by atoms with van der Waals surface area (Å²) in [5, 5.41) is 67.8. The summed E-state index contributed by atoms with van der Waals surface area (Å²) in [5.41, 5.74) is -1.90. The van der Waals surface area contributed by atoms with E-state index in [-0.39, 0.29) is 11.1 Å². The van der Waals surface area contributed by atoms with Gasteiger partial charge in [-0.05, 0) is 24.3 Å². The van der Waals surface area contributed by atoms with Crippen molar-refractivity contribution >= 4 is 16.9 Å². The number of benzene rings is 3. The van der Waals surface area contributed by atoms with Crippen molar-refractivity contribution in [3.63, 3.8) is 0 Å². The summed E-state index contributed by atoms with van der Waals surface area (Å²) >= 11 is 0. The Morgan fingerprint density at radius 1 is 0.727 bits per heavy atom. The standard InChI is InChI=1S/C22H14O11/c23-10-1-8(2-11(24)5-10)20-21(19(30)17-13(26)6-12(25)7-16(17)32-20)33-22(31)9-3-14(27)18(29)15(28)4-9/h1-7,23-29H. The van der Waals surface area contributed by atoms with E-state index in [9.17, 15) is 45.3 Å². The fraction of sp³-hybridized carbons (Fsp3) is 0. The third-order valence-corrected chi connectivity index (χ3v) is 4.58. The van der Waals surface area contributed by atoms with E-state index in [1.54, 1.807) is 0 Å². The number of phenols is 7. The summed E-state index contributed by atoms with van der Waals surface area (Å²) in [4.78, 5) is 25.8. The van der Waals surface area contributed by atoms with Gasteiger partial charge in [-0.15, -0.1) is 0 Å². The molecular weight excluding hydrogens is 440 g/mol. The minimum absolute atomic E-state index is 0.103. The van der Waals surface area contributed by atoms with Gasteiger partial charge in [0.15, 0.2) is 23.0 Å². The summed E-state index contributed by atoms with van der Waals surface area (Å²) in [5.74, 6) is -7.00. The molecule has 0 unspecified atom stereocenters. The third kappa shape index (κ3) is 3.74. The molecule has 1 aromatic heterocycles. The normalized spacial score (nSPS) is 10.9. The molecule has 1 heterocycles. The number of carbonyl (C=O) groups excluding carboxylic acids is 1. The van der Waals surface area contributed by atoms with Gasteiger partial charge in [0.2, 0.25) is 11.2 Å². The minimum atomic E-state index is -1.27. The van der Waals surface area contributed by atoms with Crippen LogP contribution in [-0.2, 0) is 0 Å². The molecule has 3 aromatic carbocycles. The number of hydrogen-bond acceptors (Lipinski definition) is 11. The molecule has 0 saturated carbocycles. The lowest BCUT2D eigenvalue weighted by Crippen LogP contribution is -2.16. The Kier molecular flexibility index (Phi) is 4.86. The average molecular weight is 454 g/mol. The molecule has 4 aromatic rings. The quantitative estimate of drug-likeness (QED) is 0.177. The van der Waals surface area contributed by atoms with Gasteiger partial charge >= 0.3 is 5.97 Å². The zero-order valence-electron chi connectivity index (χ0n) is 16.3. The lowest BCUT2D eigenvalue weighted by molar-refractivity contribution is 0.0730. The van der Waals surface area contributed by atoms with Crippen molar-refractivity contribution in [2.45, 2.75) is 0 Å². The molecular formula is C22H14O11. The number of fused-ring (bicyclic) bond motifs is 1. The summed E-state index contributed by atoms with van der Waals surface area (Å²) in [6.45, 7) is 0. The van der Waals surface area contributed by atoms with Gasteiger partial charge in [0.1, 0.15) is 34.0 Å². The van der Waals surface area contributed by atoms with E-state index in [1.807, 2.05) is 0 Å². The van der Waals surface area contributed by atoms with Crippen molar-refractivity contribution in [3.05, 3.63) is 58.3 Å². The van der Waals surface area contributed by atoms with Crippen LogP contribution in [0.15, 0.2) is 51.7 Å². The first kappa shape index (κ1) is 21.2. The zero-order chi connectivity index (χ0) is 24.0. The molecule has 33 heavy (non-hydrogen) atoms. The van der Waals surface area contributed by atoms with Gasteiger partial charge in [-0.3, -0.25) is 4.79 Å². The molecule has 0 spiro atoms. The number of phenolic OH excluding ortho intramolecular Hbond substituents is 7. The van der Waals surface area contributed by atoms with Gasteiger partial charge in [0.05, 0.1) is 5.56 Å². The minimum Gasteiger partial charge on any atom is -0.508 e.